The zero-order valence-corrected chi connectivity index (χ0v) is 16.2. The summed E-state index contributed by atoms with van der Waals surface area (Å²) in [5.41, 5.74) is 7.01. The lowest BCUT2D eigenvalue weighted by Gasteiger charge is -2.35. The summed E-state index contributed by atoms with van der Waals surface area (Å²) in [4.78, 5) is 41.2. The second-order valence-electron chi connectivity index (χ2n) is 7.32. The number of primary amides is 1. The van der Waals surface area contributed by atoms with Crippen LogP contribution in [0.1, 0.15) is 47.5 Å². The molecule has 3 N–H and O–H groups in total. The van der Waals surface area contributed by atoms with Crippen molar-refractivity contribution >= 4 is 34.2 Å². The molecule has 0 unspecified atom stereocenters. The minimum Gasteiger partial charge on any atom is -0.365 e. The maximum atomic E-state index is 12.6. The molecule has 0 atom stereocenters. The van der Waals surface area contributed by atoms with E-state index in [4.69, 9.17) is 5.73 Å². The smallest absolute Gasteiger partial charge is 0.322 e. The molecule has 0 aromatic carbocycles. The molecule has 2 aliphatic rings. The van der Waals surface area contributed by atoms with Gasteiger partial charge >= 0.3 is 6.03 Å². The molecule has 26 heavy (non-hydrogen) atoms. The van der Waals surface area contributed by atoms with Crippen LogP contribution in [0.2, 0.25) is 0 Å². The van der Waals surface area contributed by atoms with E-state index in [1.807, 2.05) is 18.7 Å². The highest BCUT2D eigenvalue weighted by atomic mass is 32.1. The molecule has 4 amide bonds. The van der Waals surface area contributed by atoms with E-state index in [1.54, 1.807) is 4.90 Å². The number of amides is 4. The van der Waals surface area contributed by atoms with Gasteiger partial charge in [0.15, 0.2) is 0 Å². The number of carbonyl (C=O) groups excluding carboxylic acids is 3. The second-order valence-corrected chi connectivity index (χ2v) is 8.43. The van der Waals surface area contributed by atoms with Crippen LogP contribution >= 0.6 is 11.3 Å². The third-order valence-corrected chi connectivity index (χ3v) is 6.10. The van der Waals surface area contributed by atoms with Gasteiger partial charge < -0.3 is 15.5 Å². The summed E-state index contributed by atoms with van der Waals surface area (Å²) in [6.07, 6.45) is 3.35. The highest BCUT2D eigenvalue weighted by Gasteiger charge is 2.29. The van der Waals surface area contributed by atoms with E-state index in [0.717, 1.165) is 29.7 Å². The minimum atomic E-state index is -0.483. The molecule has 7 nitrogen and oxygen atoms in total. The van der Waals surface area contributed by atoms with Crippen molar-refractivity contribution in [1.29, 1.82) is 0 Å². The van der Waals surface area contributed by atoms with Crippen LogP contribution in [0.4, 0.5) is 9.80 Å². The Labute approximate surface area is 157 Å². The Bertz CT molecular complexity index is 720. The normalized spacial score (nSPS) is 16.7. The summed E-state index contributed by atoms with van der Waals surface area (Å²) >= 11 is 1.46. The van der Waals surface area contributed by atoms with Gasteiger partial charge in [0.2, 0.25) is 5.91 Å². The Kier molecular flexibility index (Phi) is 5.50. The molecule has 8 heteroatoms. The fourth-order valence-electron chi connectivity index (χ4n) is 3.57. The molecule has 1 fully saturated rings. The summed E-state index contributed by atoms with van der Waals surface area (Å²) < 4.78 is 0. The molecule has 0 spiro atoms. The lowest BCUT2D eigenvalue weighted by atomic mass is 10.1. The molecule has 3 rings (SSSR count). The number of rotatable bonds is 4. The van der Waals surface area contributed by atoms with Crippen molar-refractivity contribution in [3.8, 4) is 0 Å². The quantitative estimate of drug-likeness (QED) is 0.839. The van der Waals surface area contributed by atoms with Crippen molar-refractivity contribution in [3.05, 3.63) is 16.0 Å². The maximum Gasteiger partial charge on any atom is 0.322 e. The topological polar surface area (TPSA) is 95.7 Å². The Morgan fingerprint density at radius 2 is 1.77 bits per heavy atom. The standard InChI is InChI=1S/C18H26N4O3S/c1-11(2)10-14(23)21-6-8-22(9-7-21)18(25)20-17-15(16(19)24)12-4-3-5-13(12)26-17/h11H,3-10H2,1-2H3,(H2,19,24)(H,20,25). The molecule has 0 radical (unpaired) electrons. The number of urea groups is 1. The molecule has 1 aromatic heterocycles. The molecular formula is C18H26N4O3S. The summed E-state index contributed by atoms with van der Waals surface area (Å²) in [6, 6.07) is -0.233. The fraction of sp³-hybridized carbons (Fsp3) is 0.611. The second kappa shape index (κ2) is 7.65. The first-order valence-electron chi connectivity index (χ1n) is 9.15. The Morgan fingerprint density at radius 3 is 2.38 bits per heavy atom. The molecule has 0 bridgehead atoms. The summed E-state index contributed by atoms with van der Waals surface area (Å²) in [5.74, 6) is -0.00798. The van der Waals surface area contributed by atoms with Gasteiger partial charge in [0.05, 0.1) is 5.56 Å². The Morgan fingerprint density at radius 1 is 1.12 bits per heavy atom. The minimum absolute atomic E-state index is 0.144. The first-order chi connectivity index (χ1) is 12.4. The summed E-state index contributed by atoms with van der Waals surface area (Å²) in [5, 5.41) is 3.43. The zero-order chi connectivity index (χ0) is 18.8. The van der Waals surface area contributed by atoms with Crippen LogP contribution in [-0.4, -0.2) is 53.8 Å². The molecule has 0 saturated carbocycles. The monoisotopic (exact) mass is 378 g/mol. The molecule has 1 aliphatic heterocycles. The lowest BCUT2D eigenvalue weighted by Crippen LogP contribution is -2.51. The zero-order valence-electron chi connectivity index (χ0n) is 15.3. The van der Waals surface area contributed by atoms with Crippen molar-refractivity contribution in [2.24, 2.45) is 11.7 Å². The molecular weight excluding hydrogens is 352 g/mol. The number of hydrogen-bond donors (Lipinski definition) is 2. The highest BCUT2D eigenvalue weighted by molar-refractivity contribution is 7.17. The first kappa shape index (κ1) is 18.7. The lowest BCUT2D eigenvalue weighted by molar-refractivity contribution is -0.133. The average Bonchev–Trinajstić information content (AvgIpc) is 3.14. The van der Waals surface area contributed by atoms with Crippen molar-refractivity contribution in [2.45, 2.75) is 39.5 Å². The van der Waals surface area contributed by atoms with Crippen molar-refractivity contribution in [2.75, 3.05) is 31.5 Å². The number of anilines is 1. The van der Waals surface area contributed by atoms with Gasteiger partial charge in [-0.05, 0) is 30.7 Å². The largest absolute Gasteiger partial charge is 0.365 e. The van der Waals surface area contributed by atoms with Crippen LogP contribution in [0.5, 0.6) is 0 Å². The van der Waals surface area contributed by atoms with E-state index in [-0.39, 0.29) is 11.9 Å². The van der Waals surface area contributed by atoms with E-state index in [1.165, 1.54) is 11.3 Å². The Balaban J connectivity index is 1.60. The predicted octanol–water partition coefficient (Wildman–Crippen LogP) is 2.06. The van der Waals surface area contributed by atoms with Gasteiger partial charge in [-0.25, -0.2) is 4.79 Å². The van der Waals surface area contributed by atoms with Crippen molar-refractivity contribution in [1.82, 2.24) is 9.80 Å². The first-order valence-corrected chi connectivity index (χ1v) is 9.96. The number of nitrogens with two attached hydrogens (primary N) is 1. The third-order valence-electron chi connectivity index (χ3n) is 4.89. The van der Waals surface area contributed by atoms with Crippen LogP contribution < -0.4 is 11.1 Å². The molecule has 1 aliphatic carbocycles. The van der Waals surface area contributed by atoms with E-state index in [0.29, 0.717) is 49.1 Å². The third kappa shape index (κ3) is 3.85. The highest BCUT2D eigenvalue weighted by Crippen LogP contribution is 2.38. The van der Waals surface area contributed by atoms with Crippen LogP contribution in [0.3, 0.4) is 0 Å². The number of aryl methyl sites for hydroxylation is 1. The van der Waals surface area contributed by atoms with E-state index in [9.17, 15) is 14.4 Å². The van der Waals surface area contributed by atoms with E-state index >= 15 is 0 Å². The number of nitrogens with one attached hydrogen (secondary N) is 1. The number of carbonyl (C=O) groups is 3. The van der Waals surface area contributed by atoms with Crippen molar-refractivity contribution in [3.63, 3.8) is 0 Å². The van der Waals surface area contributed by atoms with Gasteiger partial charge in [0.25, 0.3) is 5.91 Å². The number of fused-ring (bicyclic) bond motifs is 1. The van der Waals surface area contributed by atoms with Crippen LogP contribution in [-0.2, 0) is 17.6 Å². The fourth-order valence-corrected chi connectivity index (χ4v) is 4.85. The van der Waals surface area contributed by atoms with Gasteiger partial charge in [0.1, 0.15) is 5.00 Å². The van der Waals surface area contributed by atoms with Gasteiger partial charge in [-0.1, -0.05) is 13.8 Å². The maximum absolute atomic E-state index is 12.6. The number of hydrogen-bond acceptors (Lipinski definition) is 4. The average molecular weight is 378 g/mol. The van der Waals surface area contributed by atoms with Gasteiger partial charge in [-0.15, -0.1) is 11.3 Å². The van der Waals surface area contributed by atoms with Gasteiger partial charge in [-0.2, -0.15) is 0 Å². The van der Waals surface area contributed by atoms with E-state index in [2.05, 4.69) is 5.32 Å². The van der Waals surface area contributed by atoms with E-state index < -0.39 is 5.91 Å². The van der Waals surface area contributed by atoms with Crippen LogP contribution in [0.25, 0.3) is 0 Å². The van der Waals surface area contributed by atoms with Gasteiger partial charge in [0, 0.05) is 37.5 Å². The number of nitrogens with zero attached hydrogens (tertiary/aromatic N) is 2. The van der Waals surface area contributed by atoms with Crippen LogP contribution in [0.15, 0.2) is 0 Å². The van der Waals surface area contributed by atoms with Crippen molar-refractivity contribution < 1.29 is 14.4 Å². The Hall–Kier alpha value is -2.09. The summed E-state index contributed by atoms with van der Waals surface area (Å²) in [7, 11) is 0. The van der Waals surface area contributed by atoms with Crippen LogP contribution in [0, 0.1) is 5.92 Å². The molecule has 142 valence electrons. The number of thiophene rings is 1. The SMILES string of the molecule is CC(C)CC(=O)N1CCN(C(=O)Nc2sc3c(c2C(N)=O)CCC3)CC1. The number of piperazine rings is 1. The van der Waals surface area contributed by atoms with Gasteiger partial charge in [-0.3, -0.25) is 14.9 Å². The molecule has 2 heterocycles. The molecule has 1 saturated heterocycles. The molecule has 1 aromatic rings. The predicted molar refractivity (Wildman–Crippen MR) is 101 cm³/mol. The summed E-state index contributed by atoms with van der Waals surface area (Å²) in [6.45, 7) is 6.12.